The zero-order valence-electron chi connectivity index (χ0n) is 12.4. The molecule has 0 bridgehead atoms. The standard InChI is InChI=1S/C15H17F2N3O3/c1-2-13-18-7-11(20-13)14(22)19-8-12(21)9-4-3-5-10(6-9)23-15(16)17/h3-7,12,15,21H,2,8H2,1H3,(H,18,20)(H,19,22). The van der Waals surface area contributed by atoms with Crippen LogP contribution in [0.15, 0.2) is 30.5 Å². The van der Waals surface area contributed by atoms with E-state index in [1.807, 2.05) is 6.92 Å². The van der Waals surface area contributed by atoms with Crippen LogP contribution in [-0.2, 0) is 6.42 Å². The van der Waals surface area contributed by atoms with E-state index in [1.165, 1.54) is 24.4 Å². The number of aromatic amines is 1. The van der Waals surface area contributed by atoms with E-state index in [2.05, 4.69) is 20.0 Å². The largest absolute Gasteiger partial charge is 0.435 e. The van der Waals surface area contributed by atoms with Gasteiger partial charge in [0.1, 0.15) is 17.3 Å². The number of aliphatic hydroxyl groups excluding tert-OH is 1. The molecule has 0 saturated heterocycles. The molecule has 0 saturated carbocycles. The number of imidazole rings is 1. The second-order valence-corrected chi connectivity index (χ2v) is 4.77. The highest BCUT2D eigenvalue weighted by atomic mass is 19.3. The number of nitrogens with zero attached hydrogens (tertiary/aromatic N) is 1. The number of aryl methyl sites for hydroxylation is 1. The SMILES string of the molecule is CCc1ncc(C(=O)NCC(O)c2cccc(OC(F)F)c2)[nH]1. The molecule has 1 aromatic carbocycles. The molecule has 1 amide bonds. The van der Waals surface area contributed by atoms with Crippen LogP contribution in [0.5, 0.6) is 5.75 Å². The molecule has 23 heavy (non-hydrogen) atoms. The maximum absolute atomic E-state index is 12.2. The minimum Gasteiger partial charge on any atom is -0.435 e. The topological polar surface area (TPSA) is 87.2 Å². The van der Waals surface area contributed by atoms with Crippen molar-refractivity contribution in [3.05, 3.63) is 47.5 Å². The Morgan fingerprint density at radius 2 is 2.26 bits per heavy atom. The Hall–Kier alpha value is -2.48. The van der Waals surface area contributed by atoms with E-state index in [-0.39, 0.29) is 12.3 Å². The number of alkyl halides is 2. The Labute approximate surface area is 131 Å². The minimum absolute atomic E-state index is 0.0518. The number of aromatic nitrogens is 2. The van der Waals surface area contributed by atoms with Crippen molar-refractivity contribution in [2.24, 2.45) is 0 Å². The van der Waals surface area contributed by atoms with Crippen LogP contribution in [0.2, 0.25) is 0 Å². The molecule has 0 aliphatic carbocycles. The first-order valence-electron chi connectivity index (χ1n) is 7.04. The van der Waals surface area contributed by atoms with Gasteiger partial charge in [-0.2, -0.15) is 8.78 Å². The maximum atomic E-state index is 12.2. The zero-order chi connectivity index (χ0) is 16.8. The lowest BCUT2D eigenvalue weighted by Crippen LogP contribution is -2.28. The second-order valence-electron chi connectivity index (χ2n) is 4.77. The van der Waals surface area contributed by atoms with Gasteiger partial charge in [0.2, 0.25) is 0 Å². The average Bonchev–Trinajstić information content (AvgIpc) is 3.01. The Balaban J connectivity index is 1.93. The van der Waals surface area contributed by atoms with Gasteiger partial charge in [0.15, 0.2) is 0 Å². The van der Waals surface area contributed by atoms with Crippen LogP contribution in [0.1, 0.15) is 34.9 Å². The van der Waals surface area contributed by atoms with Gasteiger partial charge < -0.3 is 20.1 Å². The molecule has 0 fully saturated rings. The van der Waals surface area contributed by atoms with Crippen LogP contribution in [-0.4, -0.2) is 34.1 Å². The summed E-state index contributed by atoms with van der Waals surface area (Å²) in [6, 6.07) is 5.70. The van der Waals surface area contributed by atoms with Gasteiger partial charge in [-0.05, 0) is 17.7 Å². The molecular formula is C15H17F2N3O3. The van der Waals surface area contributed by atoms with Gasteiger partial charge in [-0.1, -0.05) is 19.1 Å². The zero-order valence-corrected chi connectivity index (χ0v) is 12.4. The first-order chi connectivity index (χ1) is 11.0. The third-order valence-electron chi connectivity index (χ3n) is 3.13. The number of nitrogens with one attached hydrogen (secondary N) is 2. The Morgan fingerprint density at radius 1 is 1.48 bits per heavy atom. The number of halogens is 2. The summed E-state index contributed by atoms with van der Waals surface area (Å²) in [5.41, 5.74) is 0.658. The van der Waals surface area contributed by atoms with Crippen LogP contribution in [0, 0.1) is 0 Å². The normalized spacial score (nSPS) is 12.2. The van der Waals surface area contributed by atoms with Crippen LogP contribution < -0.4 is 10.1 Å². The van der Waals surface area contributed by atoms with Crippen molar-refractivity contribution in [2.45, 2.75) is 26.1 Å². The van der Waals surface area contributed by atoms with E-state index in [4.69, 9.17) is 0 Å². The summed E-state index contributed by atoms with van der Waals surface area (Å²) in [4.78, 5) is 18.8. The number of ether oxygens (including phenoxy) is 1. The number of benzene rings is 1. The fourth-order valence-corrected chi connectivity index (χ4v) is 1.96. The van der Waals surface area contributed by atoms with Crippen LogP contribution in [0.25, 0.3) is 0 Å². The molecule has 1 heterocycles. The number of H-pyrrole nitrogens is 1. The predicted molar refractivity (Wildman–Crippen MR) is 78.3 cm³/mol. The average molecular weight is 325 g/mol. The van der Waals surface area contributed by atoms with Gasteiger partial charge in [-0.15, -0.1) is 0 Å². The Kier molecular flexibility index (Phi) is 5.64. The number of hydrogen-bond acceptors (Lipinski definition) is 4. The molecular weight excluding hydrogens is 308 g/mol. The fraction of sp³-hybridized carbons (Fsp3) is 0.333. The molecule has 2 rings (SSSR count). The van der Waals surface area contributed by atoms with E-state index >= 15 is 0 Å². The van der Waals surface area contributed by atoms with Crippen LogP contribution >= 0.6 is 0 Å². The van der Waals surface area contributed by atoms with Crippen LogP contribution in [0.4, 0.5) is 8.78 Å². The minimum atomic E-state index is -2.93. The van der Waals surface area contributed by atoms with Crippen molar-refractivity contribution < 1.29 is 23.4 Å². The molecule has 0 radical (unpaired) electrons. The quantitative estimate of drug-likeness (QED) is 0.727. The highest BCUT2D eigenvalue weighted by Crippen LogP contribution is 2.20. The van der Waals surface area contributed by atoms with Gasteiger partial charge >= 0.3 is 6.61 Å². The van der Waals surface area contributed by atoms with Gasteiger partial charge in [0.25, 0.3) is 5.91 Å². The van der Waals surface area contributed by atoms with Gasteiger partial charge in [0, 0.05) is 13.0 Å². The van der Waals surface area contributed by atoms with Crippen molar-refractivity contribution in [1.82, 2.24) is 15.3 Å². The third-order valence-corrected chi connectivity index (χ3v) is 3.13. The van der Waals surface area contributed by atoms with E-state index in [9.17, 15) is 18.7 Å². The summed E-state index contributed by atoms with van der Waals surface area (Å²) >= 11 is 0. The molecule has 1 aromatic heterocycles. The number of hydrogen-bond donors (Lipinski definition) is 3. The summed E-state index contributed by atoms with van der Waals surface area (Å²) < 4.78 is 28.6. The Bertz CT molecular complexity index is 661. The van der Waals surface area contributed by atoms with E-state index in [0.717, 1.165) is 0 Å². The molecule has 3 N–H and O–H groups in total. The molecule has 0 aliphatic heterocycles. The van der Waals surface area contributed by atoms with Crippen molar-refractivity contribution in [3.8, 4) is 5.75 Å². The number of rotatable bonds is 7. The van der Waals surface area contributed by atoms with Crippen molar-refractivity contribution in [1.29, 1.82) is 0 Å². The van der Waals surface area contributed by atoms with E-state index < -0.39 is 18.6 Å². The molecule has 124 valence electrons. The van der Waals surface area contributed by atoms with E-state index in [0.29, 0.717) is 23.5 Å². The molecule has 0 spiro atoms. The highest BCUT2D eigenvalue weighted by Gasteiger charge is 2.14. The maximum Gasteiger partial charge on any atom is 0.387 e. The monoisotopic (exact) mass is 325 g/mol. The fourth-order valence-electron chi connectivity index (χ4n) is 1.96. The molecule has 6 nitrogen and oxygen atoms in total. The summed E-state index contributed by atoms with van der Waals surface area (Å²) in [5.74, 6) is 0.229. The second kappa shape index (κ2) is 7.68. The molecule has 0 aliphatic rings. The highest BCUT2D eigenvalue weighted by molar-refractivity contribution is 5.92. The van der Waals surface area contributed by atoms with Crippen molar-refractivity contribution in [2.75, 3.05) is 6.54 Å². The summed E-state index contributed by atoms with van der Waals surface area (Å²) in [5, 5.41) is 12.6. The Morgan fingerprint density at radius 3 is 2.91 bits per heavy atom. The van der Waals surface area contributed by atoms with Gasteiger partial charge in [0.05, 0.1) is 12.3 Å². The molecule has 1 unspecified atom stereocenters. The molecule has 8 heteroatoms. The first-order valence-corrected chi connectivity index (χ1v) is 7.04. The lowest BCUT2D eigenvalue weighted by molar-refractivity contribution is -0.0499. The summed E-state index contributed by atoms with van der Waals surface area (Å²) in [6.07, 6.45) is 1.04. The van der Waals surface area contributed by atoms with Crippen molar-refractivity contribution in [3.63, 3.8) is 0 Å². The van der Waals surface area contributed by atoms with Crippen LogP contribution in [0.3, 0.4) is 0 Å². The van der Waals surface area contributed by atoms with Gasteiger partial charge in [-0.25, -0.2) is 4.98 Å². The number of aliphatic hydroxyl groups is 1. The smallest absolute Gasteiger partial charge is 0.387 e. The summed E-state index contributed by atoms with van der Waals surface area (Å²) in [6.45, 7) is -1.11. The number of carbonyl (C=O) groups excluding carboxylic acids is 1. The predicted octanol–water partition coefficient (Wildman–Crippen LogP) is 2.04. The van der Waals surface area contributed by atoms with E-state index in [1.54, 1.807) is 6.07 Å². The molecule has 2 aromatic rings. The summed E-state index contributed by atoms with van der Waals surface area (Å²) in [7, 11) is 0. The lowest BCUT2D eigenvalue weighted by atomic mass is 10.1. The lowest BCUT2D eigenvalue weighted by Gasteiger charge is -2.13. The number of amides is 1. The van der Waals surface area contributed by atoms with Crippen molar-refractivity contribution >= 4 is 5.91 Å². The molecule has 1 atom stereocenters. The van der Waals surface area contributed by atoms with Gasteiger partial charge in [-0.3, -0.25) is 4.79 Å². The third kappa shape index (κ3) is 4.75. The first kappa shape index (κ1) is 16.9. The number of carbonyl (C=O) groups is 1.